The minimum atomic E-state index is -0.477. The Morgan fingerprint density at radius 3 is 2.59 bits per heavy atom. The smallest absolute Gasteiger partial charge is 0.266 e. The molecule has 0 saturated carbocycles. The van der Waals surface area contributed by atoms with E-state index >= 15 is 0 Å². The van der Waals surface area contributed by atoms with Crippen molar-refractivity contribution in [2.75, 3.05) is 12.4 Å². The van der Waals surface area contributed by atoms with Crippen LogP contribution < -0.4 is 14.8 Å². The summed E-state index contributed by atoms with van der Waals surface area (Å²) in [5.41, 5.74) is 3.25. The molecular formula is C25H20ClIN2O3. The molecule has 0 atom stereocenters. The molecule has 7 heteroatoms. The molecule has 162 valence electrons. The molecule has 0 heterocycles. The van der Waals surface area contributed by atoms with Crippen molar-refractivity contribution in [2.24, 2.45) is 0 Å². The summed E-state index contributed by atoms with van der Waals surface area (Å²) >= 11 is 8.07. The Kier molecular flexibility index (Phi) is 8.14. The average molecular weight is 559 g/mol. The number of carbonyl (C=O) groups is 1. The number of nitrogens with one attached hydrogen (secondary N) is 1. The molecule has 5 nitrogen and oxygen atoms in total. The summed E-state index contributed by atoms with van der Waals surface area (Å²) in [7, 11) is 1.55. The van der Waals surface area contributed by atoms with Gasteiger partial charge in [0.1, 0.15) is 18.2 Å². The van der Waals surface area contributed by atoms with E-state index in [0.29, 0.717) is 34.4 Å². The standard InChI is InChI=1S/C25H20ClIN2O3/c1-16-4-3-5-21(10-16)29-25(30)19(14-28)11-18-12-22(27)24(23(13-18)31-2)32-15-17-6-8-20(26)9-7-17/h3-13H,15H2,1-2H3,(H,29,30)/b19-11-. The lowest BCUT2D eigenvalue weighted by Gasteiger charge is -2.14. The molecule has 32 heavy (non-hydrogen) atoms. The number of carbonyl (C=O) groups excluding carboxylic acids is 1. The van der Waals surface area contributed by atoms with Crippen molar-refractivity contribution in [1.82, 2.24) is 0 Å². The second-order valence-corrected chi connectivity index (χ2v) is 8.54. The van der Waals surface area contributed by atoms with Gasteiger partial charge >= 0.3 is 0 Å². The van der Waals surface area contributed by atoms with E-state index in [1.807, 2.05) is 61.5 Å². The van der Waals surface area contributed by atoms with Crippen molar-refractivity contribution < 1.29 is 14.3 Å². The van der Waals surface area contributed by atoms with Crippen LogP contribution in [0, 0.1) is 21.8 Å². The van der Waals surface area contributed by atoms with Gasteiger partial charge in [-0.2, -0.15) is 5.26 Å². The molecule has 3 aromatic rings. The summed E-state index contributed by atoms with van der Waals surface area (Å²) in [6, 6.07) is 20.3. The number of nitriles is 1. The maximum absolute atomic E-state index is 12.6. The van der Waals surface area contributed by atoms with E-state index in [2.05, 4.69) is 27.9 Å². The van der Waals surface area contributed by atoms with Crippen LogP contribution in [-0.2, 0) is 11.4 Å². The van der Waals surface area contributed by atoms with Gasteiger partial charge < -0.3 is 14.8 Å². The van der Waals surface area contributed by atoms with Crippen LogP contribution in [-0.4, -0.2) is 13.0 Å². The zero-order valence-electron chi connectivity index (χ0n) is 17.5. The first-order chi connectivity index (χ1) is 15.4. The molecule has 0 saturated heterocycles. The van der Waals surface area contributed by atoms with Crippen LogP contribution in [0.4, 0.5) is 5.69 Å². The van der Waals surface area contributed by atoms with E-state index in [0.717, 1.165) is 14.7 Å². The van der Waals surface area contributed by atoms with Gasteiger partial charge in [0, 0.05) is 10.7 Å². The highest BCUT2D eigenvalue weighted by Crippen LogP contribution is 2.35. The fourth-order valence-electron chi connectivity index (χ4n) is 2.94. The fourth-order valence-corrected chi connectivity index (χ4v) is 3.84. The molecule has 3 rings (SSSR count). The first-order valence-electron chi connectivity index (χ1n) is 9.64. The maximum Gasteiger partial charge on any atom is 0.266 e. The fraction of sp³-hybridized carbons (Fsp3) is 0.120. The van der Waals surface area contributed by atoms with Crippen LogP contribution in [0.1, 0.15) is 16.7 Å². The van der Waals surface area contributed by atoms with Gasteiger partial charge in [0.25, 0.3) is 5.91 Å². The number of aryl methyl sites for hydroxylation is 1. The Labute approximate surface area is 205 Å². The van der Waals surface area contributed by atoms with Gasteiger partial charge in [0.15, 0.2) is 11.5 Å². The minimum absolute atomic E-state index is 0.0146. The van der Waals surface area contributed by atoms with Crippen molar-refractivity contribution in [2.45, 2.75) is 13.5 Å². The lowest BCUT2D eigenvalue weighted by atomic mass is 10.1. The van der Waals surface area contributed by atoms with E-state index in [1.54, 1.807) is 19.2 Å². The second-order valence-electron chi connectivity index (χ2n) is 6.94. The van der Waals surface area contributed by atoms with E-state index in [4.69, 9.17) is 21.1 Å². The third-order valence-corrected chi connectivity index (χ3v) is 5.55. The number of methoxy groups -OCH3 is 1. The number of halogens is 2. The molecule has 3 aromatic carbocycles. The van der Waals surface area contributed by atoms with Gasteiger partial charge in [0.05, 0.1) is 10.7 Å². The quantitative estimate of drug-likeness (QED) is 0.207. The molecule has 0 fully saturated rings. The summed E-state index contributed by atoms with van der Waals surface area (Å²) < 4.78 is 12.3. The highest BCUT2D eigenvalue weighted by Gasteiger charge is 2.14. The first-order valence-corrected chi connectivity index (χ1v) is 11.1. The van der Waals surface area contributed by atoms with E-state index in [1.165, 1.54) is 6.08 Å². The Morgan fingerprint density at radius 2 is 1.94 bits per heavy atom. The minimum Gasteiger partial charge on any atom is -0.493 e. The molecule has 0 unspecified atom stereocenters. The van der Waals surface area contributed by atoms with Gasteiger partial charge in [-0.15, -0.1) is 0 Å². The predicted molar refractivity (Wildman–Crippen MR) is 135 cm³/mol. The van der Waals surface area contributed by atoms with Gasteiger partial charge in [-0.05, 0) is 88.7 Å². The Hall–Kier alpha value is -3.02. The average Bonchev–Trinajstić information content (AvgIpc) is 2.77. The molecule has 0 aliphatic rings. The monoisotopic (exact) mass is 558 g/mol. The highest BCUT2D eigenvalue weighted by atomic mass is 127. The first kappa shape index (κ1) is 23.6. The lowest BCUT2D eigenvalue weighted by molar-refractivity contribution is -0.112. The van der Waals surface area contributed by atoms with E-state index < -0.39 is 5.91 Å². The highest BCUT2D eigenvalue weighted by molar-refractivity contribution is 14.1. The normalized spacial score (nSPS) is 10.9. The number of nitrogens with zero attached hydrogens (tertiary/aromatic N) is 1. The van der Waals surface area contributed by atoms with Crippen molar-refractivity contribution in [3.63, 3.8) is 0 Å². The van der Waals surface area contributed by atoms with Crippen LogP contribution in [0.2, 0.25) is 5.02 Å². The third kappa shape index (κ3) is 6.25. The van der Waals surface area contributed by atoms with Crippen LogP contribution in [0.25, 0.3) is 6.08 Å². The Bertz CT molecular complexity index is 1200. The van der Waals surface area contributed by atoms with Crippen LogP contribution in [0.15, 0.2) is 66.2 Å². The lowest BCUT2D eigenvalue weighted by Crippen LogP contribution is -2.13. The zero-order valence-corrected chi connectivity index (χ0v) is 20.4. The summed E-state index contributed by atoms with van der Waals surface area (Å²) in [4.78, 5) is 12.6. The topological polar surface area (TPSA) is 71.3 Å². The van der Waals surface area contributed by atoms with Crippen molar-refractivity contribution in [1.29, 1.82) is 5.26 Å². The number of anilines is 1. The molecule has 0 aliphatic heterocycles. The van der Waals surface area contributed by atoms with E-state index in [-0.39, 0.29) is 5.57 Å². The number of amides is 1. The summed E-state index contributed by atoms with van der Waals surface area (Å²) in [6.07, 6.45) is 1.53. The third-order valence-electron chi connectivity index (χ3n) is 4.50. The molecule has 0 spiro atoms. The molecule has 0 bridgehead atoms. The largest absolute Gasteiger partial charge is 0.493 e. The zero-order chi connectivity index (χ0) is 23.1. The molecule has 0 aliphatic carbocycles. The van der Waals surface area contributed by atoms with Crippen LogP contribution in [0.5, 0.6) is 11.5 Å². The molecule has 1 N–H and O–H groups in total. The van der Waals surface area contributed by atoms with E-state index in [9.17, 15) is 10.1 Å². The number of hydrogen-bond donors (Lipinski definition) is 1. The van der Waals surface area contributed by atoms with Crippen molar-refractivity contribution in [3.05, 3.63) is 91.5 Å². The van der Waals surface area contributed by atoms with Gasteiger partial charge in [-0.3, -0.25) is 4.79 Å². The van der Waals surface area contributed by atoms with Gasteiger partial charge in [0.2, 0.25) is 0 Å². The second kappa shape index (κ2) is 11.0. The Balaban J connectivity index is 1.81. The summed E-state index contributed by atoms with van der Waals surface area (Å²) in [6.45, 7) is 2.28. The SMILES string of the molecule is COc1cc(/C=C(/C#N)C(=O)Nc2cccc(C)c2)cc(I)c1OCc1ccc(Cl)cc1. The molecule has 0 radical (unpaired) electrons. The maximum atomic E-state index is 12.6. The molecular weight excluding hydrogens is 539 g/mol. The molecule has 0 aromatic heterocycles. The van der Waals surface area contributed by atoms with Crippen LogP contribution >= 0.6 is 34.2 Å². The van der Waals surface area contributed by atoms with Crippen LogP contribution in [0.3, 0.4) is 0 Å². The van der Waals surface area contributed by atoms with Crippen molar-refractivity contribution in [3.8, 4) is 17.6 Å². The number of ether oxygens (including phenoxy) is 2. The van der Waals surface area contributed by atoms with Crippen molar-refractivity contribution >= 4 is 51.9 Å². The summed E-state index contributed by atoms with van der Waals surface area (Å²) in [5, 5.41) is 12.9. The summed E-state index contributed by atoms with van der Waals surface area (Å²) in [5.74, 6) is 0.617. The number of hydrogen-bond acceptors (Lipinski definition) is 4. The number of benzene rings is 3. The number of rotatable bonds is 7. The molecule has 1 amide bonds. The van der Waals surface area contributed by atoms with Gasteiger partial charge in [-0.1, -0.05) is 35.9 Å². The predicted octanol–water partition coefficient (Wildman–Crippen LogP) is 6.39. The van der Waals surface area contributed by atoms with Gasteiger partial charge in [-0.25, -0.2) is 0 Å². The Morgan fingerprint density at radius 1 is 1.19 bits per heavy atom.